The van der Waals surface area contributed by atoms with E-state index < -0.39 is 27.6 Å². The molecule has 5 nitrogen and oxygen atoms in total. The zero-order valence-corrected chi connectivity index (χ0v) is 14.0. The van der Waals surface area contributed by atoms with E-state index in [1.807, 2.05) is 0 Å². The maximum absolute atomic E-state index is 13.1. The summed E-state index contributed by atoms with van der Waals surface area (Å²) < 4.78 is 51.9. The van der Waals surface area contributed by atoms with Crippen LogP contribution >= 0.6 is 11.6 Å². The van der Waals surface area contributed by atoms with Crippen LogP contribution in [0, 0.1) is 11.6 Å². The van der Waals surface area contributed by atoms with Crippen molar-refractivity contribution in [3.63, 3.8) is 0 Å². The Labute approximate surface area is 142 Å². The highest BCUT2D eigenvalue weighted by molar-refractivity contribution is 7.89. The van der Waals surface area contributed by atoms with Crippen LogP contribution in [0.4, 0.5) is 8.78 Å². The summed E-state index contributed by atoms with van der Waals surface area (Å²) >= 11 is 5.92. The minimum Gasteiger partial charge on any atom is -0.348 e. The van der Waals surface area contributed by atoms with Crippen LogP contribution in [-0.4, -0.2) is 21.4 Å². The monoisotopic (exact) mass is 374 g/mol. The van der Waals surface area contributed by atoms with Gasteiger partial charge in [0.25, 0.3) is 5.91 Å². The molecule has 1 amide bonds. The number of amides is 1. The van der Waals surface area contributed by atoms with Crippen LogP contribution in [0.1, 0.15) is 15.9 Å². The normalized spacial score (nSPS) is 11.3. The van der Waals surface area contributed by atoms with Gasteiger partial charge in [-0.3, -0.25) is 4.79 Å². The molecular formula is C15H13ClF2N2O3S. The van der Waals surface area contributed by atoms with Crippen molar-refractivity contribution in [3.05, 3.63) is 64.2 Å². The van der Waals surface area contributed by atoms with Gasteiger partial charge in [-0.1, -0.05) is 11.6 Å². The van der Waals surface area contributed by atoms with E-state index in [0.29, 0.717) is 6.07 Å². The summed E-state index contributed by atoms with van der Waals surface area (Å²) in [7, 11) is -2.50. The SMILES string of the molecule is CNS(=O)(=O)c1ccc(Cl)c(C(=O)NCc2cc(F)cc(F)c2)c1. The van der Waals surface area contributed by atoms with Crippen molar-refractivity contribution < 1.29 is 22.0 Å². The molecule has 0 saturated carbocycles. The minimum atomic E-state index is -3.74. The van der Waals surface area contributed by atoms with Gasteiger partial charge in [-0.15, -0.1) is 0 Å². The standard InChI is InChI=1S/C15H13ClF2N2O3S/c1-19-24(22,23)12-2-3-14(16)13(7-12)15(21)20-8-9-4-10(17)6-11(18)5-9/h2-7,19H,8H2,1H3,(H,20,21). The van der Waals surface area contributed by atoms with Gasteiger partial charge < -0.3 is 5.32 Å². The van der Waals surface area contributed by atoms with Gasteiger partial charge >= 0.3 is 0 Å². The number of benzene rings is 2. The first-order chi connectivity index (χ1) is 11.2. The smallest absolute Gasteiger partial charge is 0.253 e. The molecule has 0 aliphatic heterocycles. The van der Waals surface area contributed by atoms with Crippen LogP contribution in [0.25, 0.3) is 0 Å². The summed E-state index contributed by atoms with van der Waals surface area (Å²) in [5, 5.41) is 2.48. The van der Waals surface area contributed by atoms with E-state index in [1.165, 1.54) is 19.2 Å². The fraction of sp³-hybridized carbons (Fsp3) is 0.133. The van der Waals surface area contributed by atoms with E-state index in [1.54, 1.807) is 0 Å². The van der Waals surface area contributed by atoms with Crippen molar-refractivity contribution in [2.45, 2.75) is 11.4 Å². The molecule has 2 N–H and O–H groups in total. The molecule has 2 rings (SSSR count). The third-order valence-corrected chi connectivity index (χ3v) is 4.88. The summed E-state index contributed by atoms with van der Waals surface area (Å²) in [5.41, 5.74) is 0.154. The second kappa shape index (κ2) is 7.25. The lowest BCUT2D eigenvalue weighted by Gasteiger charge is -2.09. The molecule has 0 aliphatic rings. The zero-order valence-electron chi connectivity index (χ0n) is 12.4. The molecule has 0 unspecified atom stereocenters. The van der Waals surface area contributed by atoms with E-state index in [2.05, 4.69) is 10.0 Å². The fourth-order valence-corrected chi connectivity index (χ4v) is 2.91. The number of hydrogen-bond acceptors (Lipinski definition) is 3. The summed E-state index contributed by atoms with van der Waals surface area (Å²) in [6.07, 6.45) is 0. The van der Waals surface area contributed by atoms with Crippen molar-refractivity contribution >= 4 is 27.5 Å². The Bertz CT molecular complexity index is 868. The van der Waals surface area contributed by atoms with Gasteiger partial charge in [0, 0.05) is 12.6 Å². The van der Waals surface area contributed by atoms with Crippen LogP contribution in [-0.2, 0) is 16.6 Å². The summed E-state index contributed by atoms with van der Waals surface area (Å²) in [6.45, 7) is -0.146. The van der Waals surface area contributed by atoms with Crippen molar-refractivity contribution in [3.8, 4) is 0 Å². The van der Waals surface area contributed by atoms with Crippen molar-refractivity contribution in [2.75, 3.05) is 7.05 Å². The first kappa shape index (κ1) is 18.3. The molecule has 2 aromatic carbocycles. The van der Waals surface area contributed by atoms with Gasteiger partial charge in [0.1, 0.15) is 11.6 Å². The first-order valence-electron chi connectivity index (χ1n) is 6.69. The molecule has 0 aliphatic carbocycles. The average molecular weight is 375 g/mol. The van der Waals surface area contributed by atoms with E-state index >= 15 is 0 Å². The van der Waals surface area contributed by atoms with Gasteiger partial charge in [-0.25, -0.2) is 21.9 Å². The van der Waals surface area contributed by atoms with E-state index in [-0.39, 0.29) is 27.6 Å². The lowest BCUT2D eigenvalue weighted by molar-refractivity contribution is 0.0950. The predicted molar refractivity (Wildman–Crippen MR) is 85.2 cm³/mol. The highest BCUT2D eigenvalue weighted by atomic mass is 35.5. The number of hydrogen-bond donors (Lipinski definition) is 2. The number of carbonyl (C=O) groups excluding carboxylic acids is 1. The van der Waals surface area contributed by atoms with Gasteiger partial charge in [-0.05, 0) is 42.9 Å². The Morgan fingerprint density at radius 1 is 1.12 bits per heavy atom. The van der Waals surface area contributed by atoms with Crippen molar-refractivity contribution in [1.29, 1.82) is 0 Å². The summed E-state index contributed by atoms with van der Waals surface area (Å²) in [4.78, 5) is 12.0. The van der Waals surface area contributed by atoms with E-state index in [4.69, 9.17) is 11.6 Å². The van der Waals surface area contributed by atoms with Gasteiger partial charge in [0.2, 0.25) is 10.0 Å². The molecule has 0 saturated heterocycles. The Morgan fingerprint density at radius 3 is 2.33 bits per heavy atom. The highest BCUT2D eigenvalue weighted by Gasteiger charge is 2.17. The number of sulfonamides is 1. The van der Waals surface area contributed by atoms with Crippen LogP contribution in [0.5, 0.6) is 0 Å². The molecule has 0 radical (unpaired) electrons. The second-order valence-corrected chi connectivity index (χ2v) is 7.10. The number of rotatable bonds is 5. The topological polar surface area (TPSA) is 75.3 Å². The molecule has 2 aromatic rings. The molecule has 0 bridgehead atoms. The van der Waals surface area contributed by atoms with Crippen LogP contribution in [0.15, 0.2) is 41.3 Å². The zero-order chi connectivity index (χ0) is 17.9. The molecule has 0 spiro atoms. The molecule has 0 aromatic heterocycles. The summed E-state index contributed by atoms with van der Waals surface area (Å²) in [5.74, 6) is -2.20. The Morgan fingerprint density at radius 2 is 1.75 bits per heavy atom. The number of nitrogens with one attached hydrogen (secondary N) is 2. The Hall–Kier alpha value is -2.03. The molecule has 0 heterocycles. The van der Waals surface area contributed by atoms with Gasteiger partial charge in [-0.2, -0.15) is 0 Å². The number of halogens is 3. The second-order valence-electron chi connectivity index (χ2n) is 4.81. The fourth-order valence-electron chi connectivity index (χ4n) is 1.95. The summed E-state index contributed by atoms with van der Waals surface area (Å²) in [6, 6.07) is 6.53. The highest BCUT2D eigenvalue weighted by Crippen LogP contribution is 2.20. The van der Waals surface area contributed by atoms with Crippen LogP contribution in [0.2, 0.25) is 5.02 Å². The van der Waals surface area contributed by atoms with Gasteiger partial charge in [0.05, 0.1) is 15.5 Å². The van der Waals surface area contributed by atoms with E-state index in [9.17, 15) is 22.0 Å². The average Bonchev–Trinajstić information content (AvgIpc) is 2.52. The quantitative estimate of drug-likeness (QED) is 0.844. The lowest BCUT2D eigenvalue weighted by Crippen LogP contribution is -2.24. The Kier molecular flexibility index (Phi) is 5.53. The third-order valence-electron chi connectivity index (χ3n) is 3.14. The molecule has 128 valence electrons. The van der Waals surface area contributed by atoms with E-state index in [0.717, 1.165) is 18.2 Å². The molecule has 24 heavy (non-hydrogen) atoms. The maximum Gasteiger partial charge on any atom is 0.253 e. The minimum absolute atomic E-state index is 0.0491. The van der Waals surface area contributed by atoms with Crippen molar-refractivity contribution in [1.82, 2.24) is 10.0 Å². The van der Waals surface area contributed by atoms with Crippen LogP contribution < -0.4 is 10.0 Å². The maximum atomic E-state index is 13.1. The first-order valence-corrected chi connectivity index (χ1v) is 8.55. The number of carbonyl (C=O) groups is 1. The largest absolute Gasteiger partial charge is 0.348 e. The Balaban J connectivity index is 2.22. The molecule has 9 heteroatoms. The van der Waals surface area contributed by atoms with Crippen molar-refractivity contribution in [2.24, 2.45) is 0 Å². The molecular weight excluding hydrogens is 362 g/mol. The van der Waals surface area contributed by atoms with Gasteiger partial charge in [0.15, 0.2) is 0 Å². The van der Waals surface area contributed by atoms with Crippen LogP contribution in [0.3, 0.4) is 0 Å². The third kappa shape index (κ3) is 4.28. The predicted octanol–water partition coefficient (Wildman–Crippen LogP) is 2.46. The lowest BCUT2D eigenvalue weighted by atomic mass is 10.2. The molecule has 0 fully saturated rings. The molecule has 0 atom stereocenters.